The van der Waals surface area contributed by atoms with E-state index in [0.717, 1.165) is 11.1 Å². The van der Waals surface area contributed by atoms with Gasteiger partial charge in [0.2, 0.25) is 0 Å². The monoisotopic (exact) mass is 425 g/mol. The van der Waals surface area contributed by atoms with E-state index >= 15 is 0 Å². The SMILES string of the molecule is CCOc1ccc(C2C(C(=O)OC)=CN(Cc3ccc(F)cc3)C=C2C(=O)OC)cc1. The Balaban J connectivity index is 2.02. The molecule has 2 aromatic rings. The van der Waals surface area contributed by atoms with Crippen molar-refractivity contribution in [3.63, 3.8) is 0 Å². The summed E-state index contributed by atoms with van der Waals surface area (Å²) in [6.07, 6.45) is 3.28. The fourth-order valence-corrected chi connectivity index (χ4v) is 3.46. The van der Waals surface area contributed by atoms with Gasteiger partial charge in [0.05, 0.1) is 37.9 Å². The van der Waals surface area contributed by atoms with Gasteiger partial charge >= 0.3 is 11.9 Å². The molecule has 3 rings (SSSR count). The number of ether oxygens (including phenoxy) is 3. The molecular formula is C24H24FNO5. The minimum atomic E-state index is -0.667. The van der Waals surface area contributed by atoms with Gasteiger partial charge in [-0.15, -0.1) is 0 Å². The first-order valence-electron chi connectivity index (χ1n) is 9.79. The third kappa shape index (κ3) is 5.12. The number of benzene rings is 2. The maximum atomic E-state index is 13.2. The third-order valence-electron chi connectivity index (χ3n) is 4.88. The number of carbonyl (C=O) groups is 2. The molecule has 2 aromatic carbocycles. The van der Waals surface area contributed by atoms with E-state index in [4.69, 9.17) is 14.2 Å². The molecule has 31 heavy (non-hydrogen) atoms. The second-order valence-electron chi connectivity index (χ2n) is 6.89. The standard InChI is InChI=1S/C24H24FNO5/c1-4-31-19-11-7-17(8-12-19)22-20(23(27)29-2)14-26(15-21(22)24(28)30-3)13-16-5-9-18(25)10-6-16/h5-12,14-15,22H,4,13H2,1-3H3. The molecule has 0 saturated carbocycles. The summed E-state index contributed by atoms with van der Waals surface area (Å²) < 4.78 is 28.7. The molecule has 0 aliphatic carbocycles. The highest BCUT2D eigenvalue weighted by molar-refractivity contribution is 5.98. The van der Waals surface area contributed by atoms with E-state index in [-0.39, 0.29) is 17.0 Å². The van der Waals surface area contributed by atoms with Gasteiger partial charge in [-0.2, -0.15) is 0 Å². The molecular weight excluding hydrogens is 401 g/mol. The van der Waals surface area contributed by atoms with E-state index in [0.29, 0.717) is 18.9 Å². The number of hydrogen-bond donors (Lipinski definition) is 0. The Morgan fingerprint density at radius 1 is 0.903 bits per heavy atom. The van der Waals surface area contributed by atoms with E-state index in [9.17, 15) is 14.0 Å². The Hall–Kier alpha value is -3.61. The van der Waals surface area contributed by atoms with Crippen LogP contribution in [0.15, 0.2) is 72.1 Å². The van der Waals surface area contributed by atoms with Crippen molar-refractivity contribution in [3.8, 4) is 5.75 Å². The zero-order valence-electron chi connectivity index (χ0n) is 17.6. The first-order valence-corrected chi connectivity index (χ1v) is 9.79. The Kier molecular flexibility index (Phi) is 7.07. The predicted molar refractivity (Wildman–Crippen MR) is 112 cm³/mol. The fraction of sp³-hybridized carbons (Fsp3) is 0.250. The molecule has 0 atom stereocenters. The quantitative estimate of drug-likeness (QED) is 0.626. The summed E-state index contributed by atoms with van der Waals surface area (Å²) in [4.78, 5) is 27.0. The zero-order chi connectivity index (χ0) is 22.4. The summed E-state index contributed by atoms with van der Waals surface area (Å²) in [7, 11) is 2.58. The van der Waals surface area contributed by atoms with Gasteiger partial charge in [0.15, 0.2) is 0 Å². The second-order valence-corrected chi connectivity index (χ2v) is 6.89. The molecule has 0 bridgehead atoms. The van der Waals surface area contributed by atoms with Crippen LogP contribution in [0, 0.1) is 5.82 Å². The van der Waals surface area contributed by atoms with Crippen molar-refractivity contribution in [1.29, 1.82) is 0 Å². The summed E-state index contributed by atoms with van der Waals surface area (Å²) >= 11 is 0. The van der Waals surface area contributed by atoms with Crippen LogP contribution in [0.5, 0.6) is 5.75 Å². The van der Waals surface area contributed by atoms with Crippen LogP contribution < -0.4 is 4.74 Å². The average molecular weight is 425 g/mol. The largest absolute Gasteiger partial charge is 0.494 e. The Bertz CT molecular complexity index is 962. The molecule has 0 aromatic heterocycles. The molecule has 0 N–H and O–H groups in total. The fourth-order valence-electron chi connectivity index (χ4n) is 3.46. The van der Waals surface area contributed by atoms with Gasteiger partial charge < -0.3 is 19.1 Å². The van der Waals surface area contributed by atoms with Gasteiger partial charge in [-0.25, -0.2) is 14.0 Å². The van der Waals surface area contributed by atoms with Gasteiger partial charge in [-0.05, 0) is 42.3 Å². The van der Waals surface area contributed by atoms with Crippen LogP contribution in [0.2, 0.25) is 0 Å². The number of carbonyl (C=O) groups excluding carboxylic acids is 2. The number of hydrogen-bond acceptors (Lipinski definition) is 6. The number of rotatable bonds is 7. The Morgan fingerprint density at radius 3 is 1.94 bits per heavy atom. The third-order valence-corrected chi connectivity index (χ3v) is 4.88. The van der Waals surface area contributed by atoms with Crippen molar-refractivity contribution >= 4 is 11.9 Å². The maximum absolute atomic E-state index is 13.2. The van der Waals surface area contributed by atoms with Crippen LogP contribution in [-0.2, 0) is 25.6 Å². The lowest BCUT2D eigenvalue weighted by molar-refractivity contribution is -0.137. The summed E-state index contributed by atoms with van der Waals surface area (Å²) in [5, 5.41) is 0. The number of esters is 2. The normalized spacial score (nSPS) is 13.9. The van der Waals surface area contributed by atoms with Crippen LogP contribution >= 0.6 is 0 Å². The minimum absolute atomic E-state index is 0.289. The van der Waals surface area contributed by atoms with E-state index in [1.807, 2.05) is 6.92 Å². The highest BCUT2D eigenvalue weighted by Gasteiger charge is 2.35. The van der Waals surface area contributed by atoms with Gasteiger partial charge in [-0.3, -0.25) is 0 Å². The van der Waals surface area contributed by atoms with Gasteiger partial charge in [0.1, 0.15) is 11.6 Å². The Morgan fingerprint density at radius 2 is 1.45 bits per heavy atom. The van der Waals surface area contributed by atoms with Gasteiger partial charge in [-0.1, -0.05) is 24.3 Å². The maximum Gasteiger partial charge on any atom is 0.336 e. The zero-order valence-corrected chi connectivity index (χ0v) is 17.6. The first-order chi connectivity index (χ1) is 15.0. The number of nitrogens with zero attached hydrogens (tertiary/aromatic N) is 1. The van der Waals surface area contributed by atoms with Crippen molar-refractivity contribution in [1.82, 2.24) is 4.90 Å². The highest BCUT2D eigenvalue weighted by atomic mass is 19.1. The van der Waals surface area contributed by atoms with Gasteiger partial charge in [0.25, 0.3) is 0 Å². The molecule has 6 nitrogen and oxygen atoms in total. The van der Waals surface area contributed by atoms with Crippen molar-refractivity contribution in [2.75, 3.05) is 20.8 Å². The minimum Gasteiger partial charge on any atom is -0.494 e. The molecule has 0 radical (unpaired) electrons. The van der Waals surface area contributed by atoms with Crippen molar-refractivity contribution in [3.05, 3.63) is 89.0 Å². The van der Waals surface area contributed by atoms with Crippen LogP contribution in [0.3, 0.4) is 0 Å². The summed E-state index contributed by atoms with van der Waals surface area (Å²) in [6.45, 7) is 2.75. The van der Waals surface area contributed by atoms with E-state index in [1.54, 1.807) is 53.7 Å². The molecule has 0 amide bonds. The smallest absolute Gasteiger partial charge is 0.336 e. The van der Waals surface area contributed by atoms with Gasteiger partial charge in [0, 0.05) is 18.9 Å². The lowest BCUT2D eigenvalue weighted by atomic mass is 9.83. The number of halogens is 1. The predicted octanol–water partition coefficient (Wildman–Crippen LogP) is 3.94. The average Bonchev–Trinajstić information content (AvgIpc) is 2.79. The molecule has 1 heterocycles. The summed E-state index contributed by atoms with van der Waals surface area (Å²) in [5.74, 6) is -1.43. The molecule has 0 saturated heterocycles. The summed E-state index contributed by atoms with van der Waals surface area (Å²) in [6, 6.07) is 13.2. The highest BCUT2D eigenvalue weighted by Crippen LogP contribution is 2.38. The van der Waals surface area contributed by atoms with E-state index in [1.165, 1.54) is 26.4 Å². The number of methoxy groups -OCH3 is 2. The van der Waals surface area contributed by atoms with Crippen LogP contribution in [0.25, 0.3) is 0 Å². The van der Waals surface area contributed by atoms with Crippen LogP contribution in [0.1, 0.15) is 24.0 Å². The van der Waals surface area contributed by atoms with E-state index in [2.05, 4.69) is 0 Å². The lowest BCUT2D eigenvalue weighted by Gasteiger charge is -2.30. The molecule has 1 aliphatic heterocycles. The Labute approximate surface area is 180 Å². The van der Waals surface area contributed by atoms with Crippen LogP contribution in [0.4, 0.5) is 4.39 Å². The molecule has 1 aliphatic rings. The summed E-state index contributed by atoms with van der Waals surface area (Å²) in [5.41, 5.74) is 2.10. The molecule has 0 unspecified atom stereocenters. The molecule has 162 valence electrons. The molecule has 7 heteroatoms. The van der Waals surface area contributed by atoms with Crippen LogP contribution in [-0.4, -0.2) is 37.7 Å². The van der Waals surface area contributed by atoms with Crippen molar-refractivity contribution < 1.29 is 28.2 Å². The van der Waals surface area contributed by atoms with Crippen molar-refractivity contribution in [2.45, 2.75) is 19.4 Å². The second kappa shape index (κ2) is 9.93. The lowest BCUT2D eigenvalue weighted by Crippen LogP contribution is -2.28. The topological polar surface area (TPSA) is 65.1 Å². The molecule has 0 spiro atoms. The first kappa shape index (κ1) is 22.1. The van der Waals surface area contributed by atoms with Crippen molar-refractivity contribution in [2.24, 2.45) is 0 Å². The van der Waals surface area contributed by atoms with E-state index < -0.39 is 17.9 Å². The molecule has 0 fully saturated rings.